The molecule has 0 saturated carbocycles. The number of piperazine rings is 1. The normalized spacial score (nSPS) is 28.0. The molecular formula is C16H25N3O. The molecule has 1 saturated heterocycles. The highest BCUT2D eigenvalue weighted by atomic mass is 16.5. The van der Waals surface area contributed by atoms with Crippen LogP contribution >= 0.6 is 0 Å². The van der Waals surface area contributed by atoms with Crippen molar-refractivity contribution in [3.63, 3.8) is 0 Å². The Bertz CT molecular complexity index is 495. The lowest BCUT2D eigenvalue weighted by Gasteiger charge is -2.43. The molecule has 0 amide bonds. The van der Waals surface area contributed by atoms with Gasteiger partial charge in [0, 0.05) is 31.7 Å². The second kappa shape index (κ2) is 5.35. The first kappa shape index (κ1) is 13.9. The summed E-state index contributed by atoms with van der Waals surface area (Å²) in [7, 11) is 2.18. The summed E-state index contributed by atoms with van der Waals surface area (Å²) in [4.78, 5) is 4.91. The van der Waals surface area contributed by atoms with Crippen LogP contribution < -0.4 is 10.5 Å². The quantitative estimate of drug-likeness (QED) is 0.839. The number of ether oxygens (including phenoxy) is 1. The molecule has 0 radical (unpaired) electrons. The van der Waals surface area contributed by atoms with Crippen LogP contribution in [0.5, 0.6) is 5.75 Å². The van der Waals surface area contributed by atoms with Gasteiger partial charge in [0.2, 0.25) is 0 Å². The second-order valence-corrected chi connectivity index (χ2v) is 6.23. The first-order valence-corrected chi connectivity index (χ1v) is 7.48. The van der Waals surface area contributed by atoms with Gasteiger partial charge < -0.3 is 15.4 Å². The zero-order valence-electron chi connectivity index (χ0n) is 12.7. The summed E-state index contributed by atoms with van der Waals surface area (Å²) in [5, 5.41) is 0. The second-order valence-electron chi connectivity index (χ2n) is 6.23. The molecule has 4 heteroatoms. The van der Waals surface area contributed by atoms with Crippen molar-refractivity contribution in [1.29, 1.82) is 0 Å². The Labute approximate surface area is 121 Å². The van der Waals surface area contributed by atoms with E-state index in [1.165, 1.54) is 16.7 Å². The molecule has 20 heavy (non-hydrogen) atoms. The zero-order valence-corrected chi connectivity index (χ0v) is 12.7. The van der Waals surface area contributed by atoms with E-state index >= 15 is 0 Å². The molecule has 1 aromatic rings. The van der Waals surface area contributed by atoms with Crippen molar-refractivity contribution in [2.75, 3.05) is 39.8 Å². The van der Waals surface area contributed by atoms with Gasteiger partial charge in [-0.3, -0.25) is 4.90 Å². The molecule has 0 spiro atoms. The zero-order chi connectivity index (χ0) is 14.3. The van der Waals surface area contributed by atoms with Gasteiger partial charge in [-0.05, 0) is 38.1 Å². The summed E-state index contributed by atoms with van der Waals surface area (Å²) < 4.78 is 5.85. The molecule has 2 atom stereocenters. The van der Waals surface area contributed by atoms with Gasteiger partial charge in [-0.2, -0.15) is 0 Å². The average molecular weight is 275 g/mol. The Morgan fingerprint density at radius 2 is 1.75 bits per heavy atom. The molecule has 1 aromatic carbocycles. The third-order valence-corrected chi connectivity index (χ3v) is 4.71. The Balaban J connectivity index is 1.93. The minimum Gasteiger partial charge on any atom is -0.492 e. The van der Waals surface area contributed by atoms with Crippen LogP contribution in [0.4, 0.5) is 0 Å². The van der Waals surface area contributed by atoms with Gasteiger partial charge in [-0.1, -0.05) is 6.07 Å². The molecule has 110 valence electrons. The third-order valence-electron chi connectivity index (χ3n) is 4.71. The lowest BCUT2D eigenvalue weighted by molar-refractivity contribution is 0.0723. The molecule has 3 rings (SSSR count). The smallest absolute Gasteiger partial charge is 0.124 e. The van der Waals surface area contributed by atoms with E-state index in [0.29, 0.717) is 12.6 Å². The molecule has 4 nitrogen and oxygen atoms in total. The largest absolute Gasteiger partial charge is 0.492 e. The molecular weight excluding hydrogens is 250 g/mol. The fourth-order valence-corrected chi connectivity index (χ4v) is 3.24. The standard InChI is InChI=1S/C16H25N3O/c1-11-8-13-15(9-12(11)2)20-10-14(17)16(13)19-6-4-18(3)5-7-19/h8-9,14,16H,4-7,10,17H2,1-3H3. The van der Waals surface area contributed by atoms with Crippen molar-refractivity contribution >= 4 is 0 Å². The van der Waals surface area contributed by atoms with E-state index in [-0.39, 0.29) is 6.04 Å². The molecule has 2 N–H and O–H groups in total. The number of fused-ring (bicyclic) bond motifs is 1. The molecule has 2 unspecified atom stereocenters. The number of rotatable bonds is 1. The van der Waals surface area contributed by atoms with E-state index < -0.39 is 0 Å². The van der Waals surface area contributed by atoms with Crippen molar-refractivity contribution in [2.24, 2.45) is 5.73 Å². The fourth-order valence-electron chi connectivity index (χ4n) is 3.24. The van der Waals surface area contributed by atoms with Crippen LogP contribution in [0.2, 0.25) is 0 Å². The lowest BCUT2D eigenvalue weighted by atomic mass is 9.92. The van der Waals surface area contributed by atoms with E-state index in [9.17, 15) is 0 Å². The number of benzene rings is 1. The number of hydrogen-bond acceptors (Lipinski definition) is 4. The topological polar surface area (TPSA) is 41.7 Å². The van der Waals surface area contributed by atoms with E-state index in [0.717, 1.165) is 31.9 Å². The summed E-state index contributed by atoms with van der Waals surface area (Å²) in [6, 6.07) is 4.80. The molecule has 2 aliphatic rings. The van der Waals surface area contributed by atoms with Gasteiger partial charge in [0.25, 0.3) is 0 Å². The van der Waals surface area contributed by atoms with Crippen LogP contribution in [0, 0.1) is 13.8 Å². The van der Waals surface area contributed by atoms with Crippen LogP contribution in [-0.4, -0.2) is 55.7 Å². The highest BCUT2D eigenvalue weighted by molar-refractivity contribution is 5.45. The van der Waals surface area contributed by atoms with Crippen molar-refractivity contribution in [2.45, 2.75) is 25.9 Å². The fraction of sp³-hybridized carbons (Fsp3) is 0.625. The summed E-state index contributed by atoms with van der Waals surface area (Å²) in [6.07, 6.45) is 0. The van der Waals surface area contributed by atoms with Crippen molar-refractivity contribution in [3.8, 4) is 5.75 Å². The summed E-state index contributed by atoms with van der Waals surface area (Å²) in [5.41, 5.74) is 10.2. The van der Waals surface area contributed by atoms with Gasteiger partial charge in [-0.15, -0.1) is 0 Å². The van der Waals surface area contributed by atoms with E-state index in [1.54, 1.807) is 0 Å². The van der Waals surface area contributed by atoms with Crippen molar-refractivity contribution in [3.05, 3.63) is 28.8 Å². The van der Waals surface area contributed by atoms with Crippen LogP contribution in [0.15, 0.2) is 12.1 Å². The Morgan fingerprint density at radius 1 is 1.10 bits per heavy atom. The van der Waals surface area contributed by atoms with Gasteiger partial charge in [0.15, 0.2) is 0 Å². The van der Waals surface area contributed by atoms with E-state index in [2.05, 4.69) is 42.8 Å². The predicted molar refractivity (Wildman–Crippen MR) is 81.2 cm³/mol. The molecule has 0 aliphatic carbocycles. The van der Waals surface area contributed by atoms with E-state index in [1.807, 2.05) is 0 Å². The van der Waals surface area contributed by atoms with E-state index in [4.69, 9.17) is 10.5 Å². The first-order chi connectivity index (χ1) is 9.56. The first-order valence-electron chi connectivity index (χ1n) is 7.48. The number of hydrogen-bond donors (Lipinski definition) is 1. The maximum atomic E-state index is 6.37. The number of nitrogens with two attached hydrogens (primary N) is 1. The van der Waals surface area contributed by atoms with Crippen LogP contribution in [0.3, 0.4) is 0 Å². The Kier molecular flexibility index (Phi) is 3.71. The van der Waals surface area contributed by atoms with Crippen molar-refractivity contribution in [1.82, 2.24) is 9.80 Å². The number of aryl methyl sites for hydroxylation is 2. The highest BCUT2D eigenvalue weighted by Crippen LogP contribution is 2.37. The minimum atomic E-state index is 0.0630. The molecule has 2 heterocycles. The van der Waals surface area contributed by atoms with Crippen LogP contribution in [-0.2, 0) is 0 Å². The highest BCUT2D eigenvalue weighted by Gasteiger charge is 2.34. The Morgan fingerprint density at radius 3 is 2.45 bits per heavy atom. The van der Waals surface area contributed by atoms with Gasteiger partial charge in [0.1, 0.15) is 12.4 Å². The molecule has 0 bridgehead atoms. The third kappa shape index (κ3) is 2.43. The van der Waals surface area contributed by atoms with Crippen molar-refractivity contribution < 1.29 is 4.74 Å². The molecule has 0 aromatic heterocycles. The van der Waals surface area contributed by atoms with Gasteiger partial charge >= 0.3 is 0 Å². The molecule has 1 fully saturated rings. The van der Waals surface area contributed by atoms with Gasteiger partial charge in [0.05, 0.1) is 12.1 Å². The lowest BCUT2D eigenvalue weighted by Crippen LogP contribution is -2.53. The number of likely N-dealkylation sites (N-methyl/N-ethyl adjacent to an activating group) is 1. The van der Waals surface area contributed by atoms with Crippen LogP contribution in [0.1, 0.15) is 22.7 Å². The maximum absolute atomic E-state index is 6.37. The summed E-state index contributed by atoms with van der Waals surface area (Å²) >= 11 is 0. The monoisotopic (exact) mass is 275 g/mol. The predicted octanol–water partition coefficient (Wildman–Crippen LogP) is 1.31. The SMILES string of the molecule is Cc1cc2c(cc1C)C(N1CCN(C)CC1)C(N)CO2. The minimum absolute atomic E-state index is 0.0630. The van der Waals surface area contributed by atoms with Gasteiger partial charge in [-0.25, -0.2) is 0 Å². The number of nitrogens with zero attached hydrogens (tertiary/aromatic N) is 2. The molecule has 2 aliphatic heterocycles. The summed E-state index contributed by atoms with van der Waals surface area (Å²) in [6.45, 7) is 9.32. The summed E-state index contributed by atoms with van der Waals surface area (Å²) in [5.74, 6) is 1.03. The average Bonchev–Trinajstić information content (AvgIpc) is 2.42. The Hall–Kier alpha value is -1.10. The van der Waals surface area contributed by atoms with Crippen LogP contribution in [0.25, 0.3) is 0 Å². The maximum Gasteiger partial charge on any atom is 0.124 e.